The van der Waals surface area contributed by atoms with Crippen LogP contribution in [0.5, 0.6) is 0 Å². The number of nitrogens with zero attached hydrogens (tertiary/aromatic N) is 1. The second kappa shape index (κ2) is 6.98. The predicted octanol–water partition coefficient (Wildman–Crippen LogP) is 2.64. The van der Waals surface area contributed by atoms with Gasteiger partial charge in [0.25, 0.3) is 5.91 Å². The Bertz CT molecular complexity index is 769. The van der Waals surface area contributed by atoms with E-state index in [0.717, 1.165) is 44.7 Å². The van der Waals surface area contributed by atoms with E-state index in [1.54, 1.807) is 0 Å². The lowest BCUT2D eigenvalue weighted by molar-refractivity contribution is 0.0634. The molecule has 4 heteroatoms. The molecule has 0 bridgehead atoms. The molecule has 1 atom stereocenters. The van der Waals surface area contributed by atoms with Crippen molar-refractivity contribution in [3.05, 3.63) is 70.3 Å². The summed E-state index contributed by atoms with van der Waals surface area (Å²) in [4.78, 5) is 15.2. The molecule has 4 rings (SSSR count). The van der Waals surface area contributed by atoms with Crippen LogP contribution in [0, 0.1) is 0 Å². The number of hydrogen-bond acceptors (Lipinski definition) is 3. The third-order valence-corrected chi connectivity index (χ3v) is 5.36. The number of carbonyl (C=O) groups is 1. The van der Waals surface area contributed by atoms with E-state index in [1.165, 1.54) is 22.3 Å². The number of piperazine rings is 1. The molecule has 2 aliphatic rings. The molecular weight excluding hydrogens is 310 g/mol. The van der Waals surface area contributed by atoms with Crippen molar-refractivity contribution in [2.45, 2.75) is 32.5 Å². The van der Waals surface area contributed by atoms with Crippen molar-refractivity contribution in [1.29, 1.82) is 0 Å². The van der Waals surface area contributed by atoms with Crippen molar-refractivity contribution in [2.75, 3.05) is 19.6 Å². The van der Waals surface area contributed by atoms with E-state index in [4.69, 9.17) is 0 Å². The highest BCUT2D eigenvalue weighted by Crippen LogP contribution is 2.26. The fourth-order valence-corrected chi connectivity index (χ4v) is 3.81. The molecule has 130 valence electrons. The molecule has 2 N–H and O–H groups in total. The highest BCUT2D eigenvalue weighted by molar-refractivity contribution is 5.95. The quantitative estimate of drug-likeness (QED) is 0.906. The first-order chi connectivity index (χ1) is 12.3. The number of rotatable bonds is 3. The van der Waals surface area contributed by atoms with Crippen molar-refractivity contribution < 1.29 is 4.79 Å². The zero-order chi connectivity index (χ0) is 17.2. The van der Waals surface area contributed by atoms with Crippen molar-refractivity contribution in [2.24, 2.45) is 0 Å². The van der Waals surface area contributed by atoms with E-state index in [1.807, 2.05) is 11.0 Å². The van der Waals surface area contributed by atoms with Crippen molar-refractivity contribution in [1.82, 2.24) is 15.5 Å². The molecule has 2 aromatic rings. The van der Waals surface area contributed by atoms with E-state index in [0.29, 0.717) is 0 Å². The number of aryl methyl sites for hydroxylation is 1. The van der Waals surface area contributed by atoms with Crippen molar-refractivity contribution >= 4 is 5.91 Å². The van der Waals surface area contributed by atoms with Gasteiger partial charge in [-0.1, -0.05) is 37.3 Å². The first-order valence-electron chi connectivity index (χ1n) is 9.19. The fraction of sp³-hybridized carbons (Fsp3) is 0.381. The Morgan fingerprint density at radius 1 is 1.08 bits per heavy atom. The second-order valence-electron chi connectivity index (χ2n) is 6.90. The minimum atomic E-state index is 0.0959. The van der Waals surface area contributed by atoms with Gasteiger partial charge in [0.15, 0.2) is 0 Å². The van der Waals surface area contributed by atoms with Gasteiger partial charge < -0.3 is 15.5 Å². The van der Waals surface area contributed by atoms with Crippen molar-refractivity contribution in [3.8, 4) is 0 Å². The first kappa shape index (κ1) is 16.3. The number of benzene rings is 2. The standard InChI is InChI=1S/C21H25N3O/c1-2-15-3-5-16(6-4-15)20-14-22-9-10-24(20)21(25)17-7-8-18-12-23-13-19(18)11-17/h3-8,11,20,22-23H,2,9-10,12-14H2,1H3. The average Bonchev–Trinajstić information content (AvgIpc) is 3.15. The number of nitrogens with one attached hydrogen (secondary N) is 2. The van der Waals surface area contributed by atoms with Crippen LogP contribution in [-0.2, 0) is 19.5 Å². The van der Waals surface area contributed by atoms with Gasteiger partial charge in [-0.3, -0.25) is 4.79 Å². The normalized spacial score (nSPS) is 19.7. The van der Waals surface area contributed by atoms with Crippen LogP contribution in [0.1, 0.15) is 45.6 Å². The van der Waals surface area contributed by atoms with Crippen LogP contribution in [0.3, 0.4) is 0 Å². The Labute approximate surface area is 149 Å². The molecule has 0 aromatic heterocycles. The average molecular weight is 335 g/mol. The summed E-state index contributed by atoms with van der Waals surface area (Å²) < 4.78 is 0. The lowest BCUT2D eigenvalue weighted by atomic mass is 9.99. The summed E-state index contributed by atoms with van der Waals surface area (Å²) in [7, 11) is 0. The van der Waals surface area contributed by atoms with E-state index in [2.05, 4.69) is 54.0 Å². The number of hydrogen-bond donors (Lipinski definition) is 2. The van der Waals surface area contributed by atoms with Gasteiger partial charge in [0.05, 0.1) is 6.04 Å². The predicted molar refractivity (Wildman–Crippen MR) is 99.5 cm³/mol. The van der Waals surface area contributed by atoms with Crippen LogP contribution in [0.25, 0.3) is 0 Å². The lowest BCUT2D eigenvalue weighted by Gasteiger charge is -2.36. The van der Waals surface area contributed by atoms with E-state index >= 15 is 0 Å². The molecule has 0 spiro atoms. The van der Waals surface area contributed by atoms with Gasteiger partial charge in [0.2, 0.25) is 0 Å². The molecule has 4 nitrogen and oxygen atoms in total. The minimum absolute atomic E-state index is 0.0959. The summed E-state index contributed by atoms with van der Waals surface area (Å²) in [6.45, 7) is 6.33. The zero-order valence-corrected chi connectivity index (χ0v) is 14.7. The summed E-state index contributed by atoms with van der Waals surface area (Å²) >= 11 is 0. The van der Waals surface area contributed by atoms with Crippen LogP contribution in [0.4, 0.5) is 0 Å². The molecule has 25 heavy (non-hydrogen) atoms. The molecule has 0 saturated carbocycles. The Hall–Kier alpha value is -2.17. The van der Waals surface area contributed by atoms with Crippen molar-refractivity contribution in [3.63, 3.8) is 0 Å². The Morgan fingerprint density at radius 3 is 2.68 bits per heavy atom. The van der Waals surface area contributed by atoms with Gasteiger partial charge in [-0.2, -0.15) is 0 Å². The van der Waals surface area contributed by atoms with Crippen LogP contribution in [0.15, 0.2) is 42.5 Å². The van der Waals surface area contributed by atoms with Gasteiger partial charge in [0, 0.05) is 38.3 Å². The van der Waals surface area contributed by atoms with Gasteiger partial charge in [0.1, 0.15) is 0 Å². The lowest BCUT2D eigenvalue weighted by Crippen LogP contribution is -2.48. The van der Waals surface area contributed by atoms with Gasteiger partial charge >= 0.3 is 0 Å². The highest BCUT2D eigenvalue weighted by Gasteiger charge is 2.29. The Morgan fingerprint density at radius 2 is 1.88 bits per heavy atom. The smallest absolute Gasteiger partial charge is 0.254 e. The summed E-state index contributed by atoms with van der Waals surface area (Å²) in [5.74, 6) is 0.140. The molecule has 1 saturated heterocycles. The summed E-state index contributed by atoms with van der Waals surface area (Å²) in [6.07, 6.45) is 1.04. The first-order valence-corrected chi connectivity index (χ1v) is 9.19. The van der Waals surface area contributed by atoms with E-state index in [-0.39, 0.29) is 11.9 Å². The molecule has 0 radical (unpaired) electrons. The maximum absolute atomic E-state index is 13.2. The molecule has 1 fully saturated rings. The van der Waals surface area contributed by atoms with Crippen LogP contribution in [-0.4, -0.2) is 30.4 Å². The largest absolute Gasteiger partial charge is 0.329 e. The van der Waals surface area contributed by atoms with E-state index in [9.17, 15) is 4.79 Å². The number of fused-ring (bicyclic) bond motifs is 1. The topological polar surface area (TPSA) is 44.4 Å². The van der Waals surface area contributed by atoms with Gasteiger partial charge in [-0.15, -0.1) is 0 Å². The maximum Gasteiger partial charge on any atom is 0.254 e. The number of carbonyl (C=O) groups excluding carboxylic acids is 1. The number of amides is 1. The fourth-order valence-electron chi connectivity index (χ4n) is 3.81. The summed E-state index contributed by atoms with van der Waals surface area (Å²) in [5, 5.41) is 6.78. The molecular formula is C21H25N3O. The highest BCUT2D eigenvalue weighted by atomic mass is 16.2. The Balaban J connectivity index is 1.60. The third kappa shape index (κ3) is 3.20. The SMILES string of the molecule is CCc1ccc(C2CNCCN2C(=O)c2ccc3c(c2)CNC3)cc1. The zero-order valence-electron chi connectivity index (χ0n) is 14.7. The van der Waals surface area contributed by atoms with E-state index < -0.39 is 0 Å². The summed E-state index contributed by atoms with van der Waals surface area (Å²) in [5.41, 5.74) is 5.91. The molecule has 1 amide bonds. The van der Waals surface area contributed by atoms with Gasteiger partial charge in [-0.05, 0) is 40.8 Å². The molecule has 0 aliphatic carbocycles. The molecule has 2 aromatic carbocycles. The summed E-state index contributed by atoms with van der Waals surface area (Å²) in [6, 6.07) is 14.9. The second-order valence-corrected chi connectivity index (χ2v) is 6.90. The Kier molecular flexibility index (Phi) is 4.55. The molecule has 2 heterocycles. The maximum atomic E-state index is 13.2. The van der Waals surface area contributed by atoms with Gasteiger partial charge in [-0.25, -0.2) is 0 Å². The minimum Gasteiger partial charge on any atom is -0.329 e. The molecule has 2 aliphatic heterocycles. The molecule has 1 unspecified atom stereocenters. The van der Waals surface area contributed by atoms with Crippen LogP contribution < -0.4 is 10.6 Å². The monoisotopic (exact) mass is 335 g/mol. The van der Waals surface area contributed by atoms with Crippen LogP contribution >= 0.6 is 0 Å². The van der Waals surface area contributed by atoms with Crippen LogP contribution in [0.2, 0.25) is 0 Å². The third-order valence-electron chi connectivity index (χ3n) is 5.36.